The molecule has 12 nitrogen and oxygen atoms in total. The van der Waals surface area contributed by atoms with Crippen LogP contribution in [-0.2, 0) is 24.4 Å². The van der Waals surface area contributed by atoms with E-state index in [2.05, 4.69) is 6.58 Å². The smallest absolute Gasteiger partial charge is 0.411 e. The van der Waals surface area contributed by atoms with Crippen molar-refractivity contribution in [1.82, 2.24) is 9.37 Å². The van der Waals surface area contributed by atoms with Gasteiger partial charge in [0.25, 0.3) is 15.7 Å². The predicted octanol–water partition coefficient (Wildman–Crippen LogP) is 3.11. The van der Waals surface area contributed by atoms with E-state index in [1.807, 2.05) is 0 Å². The van der Waals surface area contributed by atoms with Crippen LogP contribution in [0.25, 0.3) is 0 Å². The first-order valence-corrected chi connectivity index (χ1v) is 12.0. The fourth-order valence-corrected chi connectivity index (χ4v) is 5.17. The van der Waals surface area contributed by atoms with Crippen LogP contribution in [0.1, 0.15) is 34.6 Å². The van der Waals surface area contributed by atoms with Gasteiger partial charge in [-0.25, -0.2) is 18.0 Å². The van der Waals surface area contributed by atoms with E-state index in [4.69, 9.17) is 9.57 Å². The molecule has 192 valence electrons. The van der Waals surface area contributed by atoms with Crippen LogP contribution in [0.15, 0.2) is 53.0 Å². The highest BCUT2D eigenvalue weighted by Gasteiger charge is 2.46. The number of hydroxylamine groups is 1. The Morgan fingerprint density at radius 1 is 1.29 bits per heavy atom. The van der Waals surface area contributed by atoms with Crippen molar-refractivity contribution in [3.63, 3.8) is 0 Å². The Labute approximate surface area is 203 Å². The number of nitro groups is 1. The Morgan fingerprint density at radius 3 is 2.40 bits per heavy atom. The van der Waals surface area contributed by atoms with Crippen molar-refractivity contribution in [3.05, 3.63) is 58.2 Å². The Bertz CT molecular complexity index is 1150. The van der Waals surface area contributed by atoms with Crippen LogP contribution in [0.2, 0.25) is 0 Å². The number of aliphatic carboxylic acids is 1. The number of nitro benzene ring substituents is 1. The van der Waals surface area contributed by atoms with Gasteiger partial charge in [0.2, 0.25) is 0 Å². The SMILES string of the molecule is C=CCON([C@H]1CN(C(=O)OC(C)(C)C)[C@H](C(=O)O)C(C)=C1C)S(=O)(=O)c1ccccc1[N+](=O)[O-]. The molecule has 1 aliphatic heterocycles. The molecular weight excluding hydrogens is 482 g/mol. The maximum atomic E-state index is 13.6. The largest absolute Gasteiger partial charge is 0.479 e. The maximum Gasteiger partial charge on any atom is 0.411 e. The molecule has 1 N–H and O–H groups in total. The number of carbonyl (C=O) groups is 2. The Kier molecular flexibility index (Phi) is 8.42. The van der Waals surface area contributed by atoms with E-state index in [1.165, 1.54) is 32.1 Å². The van der Waals surface area contributed by atoms with E-state index in [0.717, 1.165) is 17.0 Å². The molecule has 0 saturated carbocycles. The summed E-state index contributed by atoms with van der Waals surface area (Å²) in [5.74, 6) is -1.33. The first-order valence-electron chi connectivity index (χ1n) is 10.5. The summed E-state index contributed by atoms with van der Waals surface area (Å²) in [6.07, 6.45) is 0.316. The summed E-state index contributed by atoms with van der Waals surface area (Å²) in [5.41, 5.74) is -1.11. The highest BCUT2D eigenvalue weighted by molar-refractivity contribution is 7.89. The second-order valence-corrected chi connectivity index (χ2v) is 10.6. The van der Waals surface area contributed by atoms with E-state index >= 15 is 0 Å². The van der Waals surface area contributed by atoms with Gasteiger partial charge < -0.3 is 9.84 Å². The molecule has 0 unspecified atom stereocenters. The molecule has 0 spiro atoms. The standard InChI is InChI=1S/C22H29N3O9S/c1-7-12-33-25(35(31,32)18-11-9-8-10-16(18)24(29)30)17-13-23(21(28)34-22(4,5)6)19(20(26)27)15(3)14(17)2/h7-11,17,19H,1,12-13H2,2-6H3,(H,26,27)/t17-,19-/m0/s1. The molecule has 0 aromatic heterocycles. The van der Waals surface area contributed by atoms with Crippen LogP contribution in [0, 0.1) is 10.1 Å². The minimum Gasteiger partial charge on any atom is -0.479 e. The molecular formula is C22H29N3O9S. The van der Waals surface area contributed by atoms with E-state index < -0.39 is 61.8 Å². The zero-order valence-electron chi connectivity index (χ0n) is 20.1. The lowest BCUT2D eigenvalue weighted by Crippen LogP contribution is -2.58. The number of benzene rings is 1. The topological polar surface area (TPSA) is 157 Å². The number of rotatable bonds is 8. The first kappa shape index (κ1) is 28.0. The maximum absolute atomic E-state index is 13.6. The quantitative estimate of drug-likeness (QED) is 0.314. The summed E-state index contributed by atoms with van der Waals surface area (Å²) in [4.78, 5) is 41.4. The van der Waals surface area contributed by atoms with Gasteiger partial charge in [-0.15, -0.1) is 6.58 Å². The average molecular weight is 512 g/mol. The number of carbonyl (C=O) groups excluding carboxylic acids is 1. The zero-order valence-corrected chi connectivity index (χ0v) is 20.9. The van der Waals surface area contributed by atoms with Crippen molar-refractivity contribution in [1.29, 1.82) is 0 Å². The molecule has 35 heavy (non-hydrogen) atoms. The van der Waals surface area contributed by atoms with E-state index in [9.17, 15) is 33.2 Å². The molecule has 0 aliphatic carbocycles. The molecule has 1 amide bonds. The number of nitrogens with zero attached hydrogens (tertiary/aromatic N) is 3. The number of hydrogen-bond acceptors (Lipinski definition) is 8. The van der Waals surface area contributed by atoms with E-state index in [0.29, 0.717) is 10.0 Å². The number of hydrogen-bond donors (Lipinski definition) is 1. The number of carboxylic acid groups (broad SMARTS) is 1. The van der Waals surface area contributed by atoms with Gasteiger partial charge in [0.05, 0.1) is 17.6 Å². The van der Waals surface area contributed by atoms with Gasteiger partial charge >= 0.3 is 12.1 Å². The molecule has 2 atom stereocenters. The van der Waals surface area contributed by atoms with Crippen LogP contribution in [-0.4, -0.2) is 70.7 Å². The minimum absolute atomic E-state index is 0.199. The van der Waals surface area contributed by atoms with Gasteiger partial charge in [-0.1, -0.05) is 22.7 Å². The fraction of sp³-hybridized carbons (Fsp3) is 0.455. The zero-order chi connectivity index (χ0) is 26.7. The normalized spacial score (nSPS) is 19.0. The van der Waals surface area contributed by atoms with Crippen LogP contribution < -0.4 is 0 Å². The van der Waals surface area contributed by atoms with Crippen molar-refractivity contribution in [2.75, 3.05) is 13.2 Å². The highest BCUT2D eigenvalue weighted by Crippen LogP contribution is 2.34. The second kappa shape index (κ2) is 10.5. The predicted molar refractivity (Wildman–Crippen MR) is 125 cm³/mol. The average Bonchev–Trinajstić information content (AvgIpc) is 2.74. The van der Waals surface area contributed by atoms with Crippen LogP contribution in [0.5, 0.6) is 0 Å². The lowest BCUT2D eigenvalue weighted by Gasteiger charge is -2.42. The summed E-state index contributed by atoms with van der Waals surface area (Å²) in [7, 11) is -4.67. The summed E-state index contributed by atoms with van der Waals surface area (Å²) >= 11 is 0. The third-order valence-corrected chi connectivity index (χ3v) is 6.96. The molecule has 1 aromatic carbocycles. The number of sulfonamides is 1. The van der Waals surface area contributed by atoms with Gasteiger partial charge in [0.1, 0.15) is 5.60 Å². The van der Waals surface area contributed by atoms with Crippen molar-refractivity contribution in [3.8, 4) is 0 Å². The van der Waals surface area contributed by atoms with Gasteiger partial charge in [-0.3, -0.25) is 19.9 Å². The van der Waals surface area contributed by atoms with Gasteiger partial charge in [-0.2, -0.15) is 0 Å². The molecule has 0 bridgehead atoms. The summed E-state index contributed by atoms with van der Waals surface area (Å²) in [6.45, 7) is 10.6. The van der Waals surface area contributed by atoms with Crippen molar-refractivity contribution < 1.29 is 37.6 Å². The fourth-order valence-electron chi connectivity index (χ4n) is 3.56. The number of amides is 1. The molecule has 1 heterocycles. The van der Waals surface area contributed by atoms with Crippen LogP contribution in [0.3, 0.4) is 0 Å². The third kappa shape index (κ3) is 6.05. The van der Waals surface area contributed by atoms with Gasteiger partial charge in [-0.05, 0) is 51.8 Å². The van der Waals surface area contributed by atoms with E-state index in [1.54, 1.807) is 20.8 Å². The number of carboxylic acids is 1. The summed E-state index contributed by atoms with van der Waals surface area (Å²) in [6, 6.07) is 2.15. The number of para-hydroxylation sites is 1. The molecule has 1 aromatic rings. The monoisotopic (exact) mass is 511 g/mol. The van der Waals surface area contributed by atoms with Gasteiger partial charge in [0, 0.05) is 12.6 Å². The molecule has 0 radical (unpaired) electrons. The van der Waals surface area contributed by atoms with E-state index in [-0.39, 0.29) is 12.2 Å². The molecule has 2 rings (SSSR count). The molecule has 1 aliphatic rings. The lowest BCUT2D eigenvalue weighted by atomic mass is 9.92. The Hall–Kier alpha value is -3.29. The molecule has 13 heteroatoms. The highest BCUT2D eigenvalue weighted by atomic mass is 32.2. The van der Waals surface area contributed by atoms with Crippen molar-refractivity contribution in [2.45, 2.75) is 57.2 Å². The van der Waals surface area contributed by atoms with Crippen LogP contribution >= 0.6 is 0 Å². The van der Waals surface area contributed by atoms with Crippen LogP contribution in [0.4, 0.5) is 10.5 Å². The Balaban J connectivity index is 2.68. The molecule has 0 fully saturated rings. The molecule has 0 saturated heterocycles. The van der Waals surface area contributed by atoms with Crippen molar-refractivity contribution >= 4 is 27.8 Å². The second-order valence-electron chi connectivity index (χ2n) is 8.82. The van der Waals surface area contributed by atoms with Crippen molar-refractivity contribution in [2.24, 2.45) is 0 Å². The number of ether oxygens (including phenoxy) is 1. The summed E-state index contributed by atoms with van der Waals surface area (Å²) < 4.78 is 33.2. The Morgan fingerprint density at radius 2 is 1.89 bits per heavy atom. The lowest BCUT2D eigenvalue weighted by molar-refractivity contribution is -0.388. The first-order chi connectivity index (χ1) is 16.1. The van der Waals surface area contributed by atoms with Gasteiger partial charge in [0.15, 0.2) is 10.9 Å². The third-order valence-electron chi connectivity index (χ3n) is 5.23. The summed E-state index contributed by atoms with van der Waals surface area (Å²) in [5, 5.41) is 21.3. The minimum atomic E-state index is -4.67.